The second-order valence-electron chi connectivity index (χ2n) is 6.80. The lowest BCUT2D eigenvalue weighted by molar-refractivity contribution is -0.117. The topological polar surface area (TPSA) is 65.8 Å². The van der Waals surface area contributed by atoms with Gasteiger partial charge in [0.2, 0.25) is 0 Å². The van der Waals surface area contributed by atoms with Gasteiger partial charge in [-0.3, -0.25) is 4.79 Å². The van der Waals surface area contributed by atoms with E-state index in [0.29, 0.717) is 16.2 Å². The molecule has 0 saturated heterocycles. The first-order chi connectivity index (χ1) is 14.1. The first kappa shape index (κ1) is 20.6. The fourth-order valence-corrected chi connectivity index (χ4v) is 3.38. The van der Waals surface area contributed by atoms with Gasteiger partial charge in [-0.15, -0.1) is 0 Å². The Morgan fingerprint density at radius 1 is 1.17 bits per heavy atom. The normalized spacial score (nSPS) is 12.4. The summed E-state index contributed by atoms with van der Waals surface area (Å²) in [6.07, 6.45) is 4.33. The number of rotatable bonds is 7. The molecule has 4 nitrogen and oxygen atoms in total. The van der Waals surface area contributed by atoms with Gasteiger partial charge in [0.05, 0.1) is 22.3 Å². The first-order valence-corrected chi connectivity index (χ1v) is 10.0. The van der Waals surface area contributed by atoms with Crippen molar-refractivity contribution >= 4 is 34.5 Å². The molecule has 0 aliphatic rings. The molecule has 146 valence electrons. The van der Waals surface area contributed by atoms with Crippen LogP contribution in [0.4, 0.5) is 0 Å². The molecule has 3 rings (SSSR count). The van der Waals surface area contributed by atoms with Crippen LogP contribution >= 0.6 is 11.6 Å². The summed E-state index contributed by atoms with van der Waals surface area (Å²) in [6.45, 7) is 2.11. The van der Waals surface area contributed by atoms with E-state index in [4.69, 9.17) is 11.6 Å². The molecular weight excluding hydrogens is 382 g/mol. The fourth-order valence-electron chi connectivity index (χ4n) is 3.15. The fraction of sp³-hybridized carbons (Fsp3) is 0.208. The molecule has 1 N–H and O–H groups in total. The SMILES string of the molecule is CCCC[C@H](NC(=O)/C(C#N)=C/c1ccc2cccc(Cl)c2n1)c1ccccc1. The summed E-state index contributed by atoms with van der Waals surface area (Å²) in [4.78, 5) is 17.3. The third-order valence-electron chi connectivity index (χ3n) is 4.70. The minimum atomic E-state index is -0.404. The van der Waals surface area contributed by atoms with E-state index in [1.807, 2.05) is 54.6 Å². The second-order valence-corrected chi connectivity index (χ2v) is 7.20. The maximum atomic E-state index is 12.8. The van der Waals surface area contributed by atoms with Gasteiger partial charge in [-0.1, -0.05) is 79.9 Å². The number of pyridine rings is 1. The summed E-state index contributed by atoms with van der Waals surface area (Å²) >= 11 is 6.22. The minimum absolute atomic E-state index is 0.0151. The van der Waals surface area contributed by atoms with E-state index in [1.165, 1.54) is 6.08 Å². The molecule has 0 radical (unpaired) electrons. The lowest BCUT2D eigenvalue weighted by Gasteiger charge is -2.19. The van der Waals surface area contributed by atoms with Gasteiger partial charge in [0, 0.05) is 5.39 Å². The van der Waals surface area contributed by atoms with Crippen molar-refractivity contribution in [2.24, 2.45) is 0 Å². The largest absolute Gasteiger partial charge is 0.345 e. The first-order valence-electron chi connectivity index (χ1n) is 9.65. The zero-order valence-corrected chi connectivity index (χ0v) is 17.0. The Balaban J connectivity index is 1.85. The number of aromatic nitrogens is 1. The number of halogens is 1. The van der Waals surface area contributed by atoms with Gasteiger partial charge in [0.1, 0.15) is 11.6 Å². The number of benzene rings is 2. The highest BCUT2D eigenvalue weighted by Crippen LogP contribution is 2.23. The monoisotopic (exact) mass is 403 g/mol. The molecule has 0 fully saturated rings. The van der Waals surface area contributed by atoms with Gasteiger partial charge in [-0.2, -0.15) is 5.26 Å². The molecule has 1 aromatic heterocycles. The quantitative estimate of drug-likeness (QED) is 0.398. The van der Waals surface area contributed by atoms with Gasteiger partial charge in [-0.25, -0.2) is 4.98 Å². The smallest absolute Gasteiger partial charge is 0.262 e. The zero-order valence-electron chi connectivity index (χ0n) is 16.2. The Morgan fingerprint density at radius 3 is 2.69 bits per heavy atom. The highest BCUT2D eigenvalue weighted by Gasteiger charge is 2.17. The molecule has 1 atom stereocenters. The van der Waals surface area contributed by atoms with Crippen LogP contribution in [0.15, 0.2) is 66.2 Å². The van der Waals surface area contributed by atoms with Crippen LogP contribution in [0.1, 0.15) is 43.5 Å². The number of hydrogen-bond donors (Lipinski definition) is 1. The molecule has 29 heavy (non-hydrogen) atoms. The second kappa shape index (κ2) is 9.86. The lowest BCUT2D eigenvalue weighted by atomic mass is 10.0. The van der Waals surface area contributed by atoms with Crippen LogP contribution in [0.2, 0.25) is 5.02 Å². The van der Waals surface area contributed by atoms with Crippen molar-refractivity contribution in [3.8, 4) is 6.07 Å². The van der Waals surface area contributed by atoms with Crippen molar-refractivity contribution in [2.45, 2.75) is 32.2 Å². The van der Waals surface area contributed by atoms with Crippen LogP contribution in [0.3, 0.4) is 0 Å². The van der Waals surface area contributed by atoms with Crippen molar-refractivity contribution in [1.29, 1.82) is 5.26 Å². The van der Waals surface area contributed by atoms with E-state index in [2.05, 4.69) is 17.2 Å². The number of carbonyl (C=O) groups excluding carboxylic acids is 1. The third kappa shape index (κ3) is 5.22. The van der Waals surface area contributed by atoms with Crippen LogP contribution in [-0.4, -0.2) is 10.9 Å². The van der Waals surface area contributed by atoms with E-state index in [1.54, 1.807) is 12.1 Å². The predicted molar refractivity (Wildman–Crippen MR) is 117 cm³/mol. The standard InChI is InChI=1S/C24H22ClN3O/c1-2-3-12-22(17-8-5-4-6-9-17)28-24(29)19(16-26)15-20-14-13-18-10-7-11-21(25)23(18)27-20/h4-11,13-15,22H,2-3,12H2,1H3,(H,28,29)/b19-15+/t22-/m0/s1. The molecule has 0 bridgehead atoms. The number of nitrogens with one attached hydrogen (secondary N) is 1. The van der Waals surface area contributed by atoms with E-state index < -0.39 is 5.91 Å². The highest BCUT2D eigenvalue weighted by molar-refractivity contribution is 6.35. The van der Waals surface area contributed by atoms with Crippen LogP contribution in [0.25, 0.3) is 17.0 Å². The van der Waals surface area contributed by atoms with Crippen molar-refractivity contribution in [3.05, 3.63) is 82.5 Å². The average molecular weight is 404 g/mol. The molecule has 1 amide bonds. The van der Waals surface area contributed by atoms with E-state index in [0.717, 1.165) is 30.2 Å². The predicted octanol–water partition coefficient (Wildman–Crippen LogP) is 5.84. The van der Waals surface area contributed by atoms with E-state index >= 15 is 0 Å². The Bertz CT molecular complexity index is 1070. The average Bonchev–Trinajstić information content (AvgIpc) is 2.76. The van der Waals surface area contributed by atoms with Crippen LogP contribution < -0.4 is 5.32 Å². The van der Waals surface area contributed by atoms with Crippen molar-refractivity contribution in [1.82, 2.24) is 10.3 Å². The zero-order chi connectivity index (χ0) is 20.6. The van der Waals surface area contributed by atoms with Gasteiger partial charge >= 0.3 is 0 Å². The van der Waals surface area contributed by atoms with Crippen LogP contribution in [0, 0.1) is 11.3 Å². The Hall–Kier alpha value is -3.16. The molecule has 0 saturated carbocycles. The van der Waals surface area contributed by atoms with Crippen molar-refractivity contribution in [2.75, 3.05) is 0 Å². The highest BCUT2D eigenvalue weighted by atomic mass is 35.5. The molecule has 0 aliphatic carbocycles. The summed E-state index contributed by atoms with van der Waals surface area (Å²) in [7, 11) is 0. The van der Waals surface area contributed by atoms with Gasteiger partial charge in [-0.05, 0) is 30.2 Å². The number of unbranched alkanes of at least 4 members (excludes halogenated alkanes) is 1. The summed E-state index contributed by atoms with van der Waals surface area (Å²) < 4.78 is 0. The number of nitriles is 1. The Morgan fingerprint density at radius 2 is 1.97 bits per heavy atom. The van der Waals surface area contributed by atoms with Gasteiger partial charge < -0.3 is 5.32 Å². The molecule has 5 heteroatoms. The van der Waals surface area contributed by atoms with Crippen molar-refractivity contribution < 1.29 is 4.79 Å². The number of nitrogens with zero attached hydrogens (tertiary/aromatic N) is 2. The molecule has 0 unspecified atom stereocenters. The number of para-hydroxylation sites is 1. The summed E-state index contributed by atoms with van der Waals surface area (Å²) in [5.41, 5.74) is 2.20. The number of fused-ring (bicyclic) bond motifs is 1. The maximum Gasteiger partial charge on any atom is 0.262 e. The van der Waals surface area contributed by atoms with E-state index in [-0.39, 0.29) is 11.6 Å². The molecule has 1 heterocycles. The minimum Gasteiger partial charge on any atom is -0.345 e. The third-order valence-corrected chi connectivity index (χ3v) is 5.01. The van der Waals surface area contributed by atoms with Crippen LogP contribution in [-0.2, 0) is 4.79 Å². The number of hydrogen-bond acceptors (Lipinski definition) is 3. The lowest BCUT2D eigenvalue weighted by Crippen LogP contribution is -2.29. The summed E-state index contributed by atoms with van der Waals surface area (Å²) in [5, 5.41) is 14.0. The molecule has 3 aromatic rings. The molecule has 0 spiro atoms. The van der Waals surface area contributed by atoms with Gasteiger partial charge in [0.15, 0.2) is 0 Å². The Kier molecular flexibility index (Phi) is 6.99. The molecule has 2 aromatic carbocycles. The van der Waals surface area contributed by atoms with Gasteiger partial charge in [0.25, 0.3) is 5.91 Å². The van der Waals surface area contributed by atoms with Crippen molar-refractivity contribution in [3.63, 3.8) is 0 Å². The van der Waals surface area contributed by atoms with Crippen LogP contribution in [0.5, 0.6) is 0 Å². The Labute approximate surface area is 175 Å². The molecular formula is C24H22ClN3O. The van der Waals surface area contributed by atoms with E-state index in [9.17, 15) is 10.1 Å². The summed E-state index contributed by atoms with van der Waals surface area (Å²) in [6, 6.07) is 20.9. The maximum absolute atomic E-state index is 12.8. The summed E-state index contributed by atoms with van der Waals surface area (Å²) in [5.74, 6) is -0.404. The number of amides is 1. The number of carbonyl (C=O) groups is 1. The molecule has 0 aliphatic heterocycles.